The second-order valence-corrected chi connectivity index (χ2v) is 8.61. The maximum Gasteiger partial charge on any atom is 0.136 e. The fraction of sp³-hybridized carbons (Fsp3) is 0.348. The van der Waals surface area contributed by atoms with Gasteiger partial charge in [0.1, 0.15) is 5.82 Å². The summed E-state index contributed by atoms with van der Waals surface area (Å²) in [5.74, 6) is 3.21. The van der Waals surface area contributed by atoms with Gasteiger partial charge in [-0.25, -0.2) is 4.98 Å². The number of morpholine rings is 1. The third kappa shape index (κ3) is 4.14. The van der Waals surface area contributed by atoms with E-state index in [9.17, 15) is 0 Å². The van der Waals surface area contributed by atoms with Crippen molar-refractivity contribution in [3.63, 3.8) is 0 Å². The lowest BCUT2D eigenvalue weighted by atomic mass is 10.0. The van der Waals surface area contributed by atoms with Gasteiger partial charge in [-0.2, -0.15) is 11.8 Å². The summed E-state index contributed by atoms with van der Waals surface area (Å²) in [6.07, 6.45) is 7.59. The lowest BCUT2D eigenvalue weighted by Crippen LogP contribution is -2.36. The molecule has 0 atom stereocenters. The zero-order chi connectivity index (χ0) is 19.5. The maximum atomic E-state index is 5.46. The van der Waals surface area contributed by atoms with Crippen molar-refractivity contribution in [2.24, 2.45) is 0 Å². The van der Waals surface area contributed by atoms with Crippen LogP contribution in [0.2, 0.25) is 0 Å². The van der Waals surface area contributed by atoms with Crippen molar-refractivity contribution < 1.29 is 4.74 Å². The number of hydrogen-bond donors (Lipinski definition) is 2. The van der Waals surface area contributed by atoms with E-state index < -0.39 is 0 Å². The van der Waals surface area contributed by atoms with Crippen LogP contribution in [0.4, 0.5) is 17.2 Å². The van der Waals surface area contributed by atoms with Gasteiger partial charge in [0.05, 0.1) is 18.9 Å². The number of pyridine rings is 1. The molecule has 0 spiro atoms. The number of nitrogens with one attached hydrogen (secondary N) is 2. The van der Waals surface area contributed by atoms with Crippen LogP contribution in [-0.4, -0.2) is 42.8 Å². The summed E-state index contributed by atoms with van der Waals surface area (Å²) in [5, 5.41) is 6.90. The summed E-state index contributed by atoms with van der Waals surface area (Å²) in [4.78, 5) is 7.40. The standard InChI is InChI=1S/C23H26N4OS/c1-3-20(27-9-11-28-12-10-27)4-2-19(1)25-23-21-16-24-8-5-18(21)15-22(26-23)17-6-13-29-14-7-17/h1-6,8,15,24H,7,9-14,16H2,(H,25,26). The Morgan fingerprint density at radius 3 is 2.79 bits per heavy atom. The smallest absolute Gasteiger partial charge is 0.136 e. The summed E-state index contributed by atoms with van der Waals surface area (Å²) in [7, 11) is 0. The number of benzene rings is 1. The van der Waals surface area contributed by atoms with Crippen LogP contribution in [0.15, 0.2) is 42.6 Å². The molecule has 4 heterocycles. The lowest BCUT2D eigenvalue weighted by Gasteiger charge is -2.29. The second-order valence-electron chi connectivity index (χ2n) is 7.46. The van der Waals surface area contributed by atoms with Gasteiger partial charge < -0.3 is 20.3 Å². The normalized spacial score (nSPS) is 18.6. The Balaban J connectivity index is 1.42. The number of ether oxygens (including phenoxy) is 1. The molecule has 3 aliphatic rings. The molecule has 3 aliphatic heterocycles. The van der Waals surface area contributed by atoms with Crippen LogP contribution in [-0.2, 0) is 11.3 Å². The van der Waals surface area contributed by atoms with E-state index in [0.717, 1.165) is 62.2 Å². The molecule has 0 bridgehead atoms. The first kappa shape index (κ1) is 18.6. The number of fused-ring (bicyclic) bond motifs is 1. The molecule has 0 aliphatic carbocycles. The number of nitrogens with zero attached hydrogens (tertiary/aromatic N) is 2. The number of aromatic nitrogens is 1. The minimum absolute atomic E-state index is 0.794. The van der Waals surface area contributed by atoms with E-state index in [1.165, 1.54) is 28.1 Å². The SMILES string of the molecule is C1=Cc2cc(C3=CCSCC3)nc(Nc3ccc(N4CCOCC4)cc3)c2CN1. The Kier molecular flexibility index (Phi) is 5.45. The monoisotopic (exact) mass is 406 g/mol. The molecule has 150 valence electrons. The van der Waals surface area contributed by atoms with Crippen LogP contribution < -0.4 is 15.5 Å². The van der Waals surface area contributed by atoms with Crippen molar-refractivity contribution >= 4 is 40.6 Å². The third-order valence-electron chi connectivity index (χ3n) is 5.62. The van der Waals surface area contributed by atoms with Crippen LogP contribution in [0.5, 0.6) is 0 Å². The Labute approximate surface area is 176 Å². The molecule has 0 unspecified atom stereocenters. The highest BCUT2D eigenvalue weighted by atomic mass is 32.2. The minimum Gasteiger partial charge on any atom is -0.387 e. The summed E-state index contributed by atoms with van der Waals surface area (Å²) < 4.78 is 5.46. The highest BCUT2D eigenvalue weighted by molar-refractivity contribution is 7.99. The summed E-state index contributed by atoms with van der Waals surface area (Å²) in [6.45, 7) is 4.31. The zero-order valence-corrected chi connectivity index (χ0v) is 17.3. The van der Waals surface area contributed by atoms with Crippen LogP contribution in [0.3, 0.4) is 0 Å². The minimum atomic E-state index is 0.794. The fourth-order valence-corrected chi connectivity index (χ4v) is 4.83. The molecule has 29 heavy (non-hydrogen) atoms. The Bertz CT molecular complexity index is 933. The number of rotatable bonds is 4. The van der Waals surface area contributed by atoms with Gasteiger partial charge in [-0.3, -0.25) is 0 Å². The molecular weight excluding hydrogens is 380 g/mol. The number of allylic oxidation sites excluding steroid dienone is 1. The predicted octanol–water partition coefficient (Wildman–Crippen LogP) is 4.26. The van der Waals surface area contributed by atoms with Crippen molar-refractivity contribution in [2.75, 3.05) is 48.0 Å². The quantitative estimate of drug-likeness (QED) is 0.791. The van der Waals surface area contributed by atoms with Gasteiger partial charge in [-0.1, -0.05) is 6.08 Å². The Morgan fingerprint density at radius 1 is 1.14 bits per heavy atom. The van der Waals surface area contributed by atoms with E-state index in [0.29, 0.717) is 0 Å². The van der Waals surface area contributed by atoms with Crippen molar-refractivity contribution in [2.45, 2.75) is 13.0 Å². The molecule has 6 heteroatoms. The third-order valence-corrected chi connectivity index (χ3v) is 6.51. The molecule has 5 nitrogen and oxygen atoms in total. The second kappa shape index (κ2) is 8.51. The first-order chi connectivity index (χ1) is 14.4. The van der Waals surface area contributed by atoms with Gasteiger partial charge in [-0.15, -0.1) is 0 Å². The largest absolute Gasteiger partial charge is 0.387 e. The van der Waals surface area contributed by atoms with E-state index in [1.54, 1.807) is 0 Å². The summed E-state index contributed by atoms with van der Waals surface area (Å²) in [6, 6.07) is 10.9. The van der Waals surface area contributed by atoms with Gasteiger partial charge >= 0.3 is 0 Å². The lowest BCUT2D eigenvalue weighted by molar-refractivity contribution is 0.122. The highest BCUT2D eigenvalue weighted by Crippen LogP contribution is 2.32. The predicted molar refractivity (Wildman–Crippen MR) is 123 cm³/mol. The Hall–Kier alpha value is -2.44. The molecule has 5 rings (SSSR count). The molecule has 1 fully saturated rings. The molecule has 1 aromatic carbocycles. The van der Waals surface area contributed by atoms with Gasteiger partial charge in [0.2, 0.25) is 0 Å². The van der Waals surface area contributed by atoms with E-state index in [2.05, 4.69) is 58.0 Å². The van der Waals surface area contributed by atoms with Crippen LogP contribution >= 0.6 is 11.8 Å². The fourth-order valence-electron chi connectivity index (χ4n) is 3.98. The van der Waals surface area contributed by atoms with E-state index in [4.69, 9.17) is 9.72 Å². The Morgan fingerprint density at radius 2 is 2.00 bits per heavy atom. The zero-order valence-electron chi connectivity index (χ0n) is 16.5. The summed E-state index contributed by atoms with van der Waals surface area (Å²) >= 11 is 1.99. The molecule has 1 saturated heterocycles. The molecule has 0 amide bonds. The van der Waals surface area contributed by atoms with Crippen LogP contribution in [0, 0.1) is 0 Å². The van der Waals surface area contributed by atoms with Gasteiger partial charge in [0, 0.05) is 42.3 Å². The molecule has 0 saturated carbocycles. The average molecular weight is 407 g/mol. The van der Waals surface area contributed by atoms with Crippen molar-refractivity contribution in [1.29, 1.82) is 0 Å². The number of hydrogen-bond acceptors (Lipinski definition) is 6. The molecular formula is C23H26N4OS. The van der Waals surface area contributed by atoms with Gasteiger partial charge in [0.25, 0.3) is 0 Å². The van der Waals surface area contributed by atoms with E-state index in [-0.39, 0.29) is 0 Å². The van der Waals surface area contributed by atoms with E-state index in [1.807, 2.05) is 18.0 Å². The average Bonchev–Trinajstić information content (AvgIpc) is 2.81. The van der Waals surface area contributed by atoms with E-state index >= 15 is 0 Å². The molecule has 2 aromatic rings. The first-order valence-electron chi connectivity index (χ1n) is 10.3. The number of thioether (sulfide) groups is 1. The van der Waals surface area contributed by atoms with Gasteiger partial charge in [-0.05, 0) is 65.9 Å². The van der Waals surface area contributed by atoms with Crippen molar-refractivity contribution in [3.05, 3.63) is 59.4 Å². The maximum absolute atomic E-state index is 5.46. The molecule has 2 N–H and O–H groups in total. The van der Waals surface area contributed by atoms with Crippen LogP contribution in [0.25, 0.3) is 11.6 Å². The molecule has 0 radical (unpaired) electrons. The van der Waals surface area contributed by atoms with Crippen molar-refractivity contribution in [3.8, 4) is 0 Å². The summed E-state index contributed by atoms with van der Waals surface area (Å²) in [5.41, 5.74) is 7.25. The topological polar surface area (TPSA) is 49.4 Å². The first-order valence-corrected chi connectivity index (χ1v) is 11.4. The van der Waals surface area contributed by atoms with Gasteiger partial charge in [0.15, 0.2) is 0 Å². The highest BCUT2D eigenvalue weighted by Gasteiger charge is 2.17. The van der Waals surface area contributed by atoms with Crippen LogP contribution in [0.1, 0.15) is 23.2 Å². The van der Waals surface area contributed by atoms with Crippen molar-refractivity contribution in [1.82, 2.24) is 10.3 Å². The number of anilines is 3. The molecule has 1 aromatic heterocycles.